The quantitative estimate of drug-likeness (QED) is 0.240. The van der Waals surface area contributed by atoms with Crippen molar-refractivity contribution in [2.75, 3.05) is 6.54 Å². The van der Waals surface area contributed by atoms with Crippen LogP contribution in [0, 0.1) is 13.8 Å². The molecule has 4 rings (SSSR count). The fourth-order valence-electron chi connectivity index (χ4n) is 3.88. The van der Waals surface area contributed by atoms with Gasteiger partial charge in [0.2, 0.25) is 5.91 Å². The van der Waals surface area contributed by atoms with Gasteiger partial charge in [0, 0.05) is 24.6 Å². The van der Waals surface area contributed by atoms with Crippen LogP contribution in [0.25, 0.3) is 17.1 Å². The van der Waals surface area contributed by atoms with Crippen molar-refractivity contribution < 1.29 is 9.59 Å². The minimum absolute atomic E-state index is 0.0318. The zero-order chi connectivity index (χ0) is 25.7. The monoisotopic (exact) mass is 498 g/mol. The van der Waals surface area contributed by atoms with E-state index >= 15 is 0 Å². The van der Waals surface area contributed by atoms with Crippen LogP contribution in [0.3, 0.4) is 0 Å². The number of rotatable bonds is 9. The van der Waals surface area contributed by atoms with Crippen LogP contribution in [-0.4, -0.2) is 38.2 Å². The van der Waals surface area contributed by atoms with Crippen molar-refractivity contribution in [3.05, 3.63) is 95.1 Å². The number of nitrogens with one attached hydrogen (secondary N) is 1. The summed E-state index contributed by atoms with van der Waals surface area (Å²) in [7, 11) is 0. The van der Waals surface area contributed by atoms with Gasteiger partial charge in [0.05, 0.1) is 10.9 Å². The van der Waals surface area contributed by atoms with E-state index < -0.39 is 0 Å². The summed E-state index contributed by atoms with van der Waals surface area (Å²) >= 11 is 1.41. The summed E-state index contributed by atoms with van der Waals surface area (Å²) in [6, 6.07) is 23.8. The molecule has 0 saturated heterocycles. The smallest absolute Gasteiger partial charge is 0.216 e. The molecule has 1 N–H and O–H groups in total. The molecule has 1 unspecified atom stereocenters. The fourth-order valence-corrected chi connectivity index (χ4v) is 4.83. The Bertz CT molecular complexity index is 1360. The highest BCUT2D eigenvalue weighted by Crippen LogP contribution is 2.32. The van der Waals surface area contributed by atoms with E-state index in [0.717, 1.165) is 29.1 Å². The number of thioether (sulfide) groups is 1. The number of nitrogens with zero attached hydrogens (tertiary/aromatic N) is 3. The molecule has 6 nitrogen and oxygen atoms in total. The highest BCUT2D eigenvalue weighted by atomic mass is 32.2. The maximum Gasteiger partial charge on any atom is 0.216 e. The summed E-state index contributed by atoms with van der Waals surface area (Å²) in [5, 5.41) is 12.1. The lowest BCUT2D eigenvalue weighted by molar-refractivity contribution is -0.118. The van der Waals surface area contributed by atoms with Crippen molar-refractivity contribution in [2.45, 2.75) is 44.5 Å². The van der Waals surface area contributed by atoms with Gasteiger partial charge >= 0.3 is 0 Å². The molecule has 1 heterocycles. The standard InChI is InChI=1S/C29H30N4O2S/c1-19-10-15-26(18-20(19)2)33-28(25-8-6-5-7-9-25)31-32-29(33)36-21(3)27(35)24-13-11-23(12-14-24)16-17-30-22(4)34/h5-15,18,21H,16-17H2,1-4H3,(H,30,34). The van der Waals surface area contributed by atoms with Crippen molar-refractivity contribution in [3.8, 4) is 17.1 Å². The Hall–Kier alpha value is -3.71. The molecular weight excluding hydrogens is 468 g/mol. The van der Waals surface area contributed by atoms with Crippen LogP contribution in [0.5, 0.6) is 0 Å². The van der Waals surface area contributed by atoms with Gasteiger partial charge in [-0.2, -0.15) is 0 Å². The fraction of sp³-hybridized carbons (Fsp3) is 0.241. The number of amides is 1. The second-order valence-corrected chi connectivity index (χ2v) is 10.1. The summed E-state index contributed by atoms with van der Waals surface area (Å²) in [5.41, 5.74) is 6.04. The number of benzene rings is 3. The first kappa shape index (κ1) is 25.4. The lowest BCUT2D eigenvalue weighted by Gasteiger charge is -2.14. The highest BCUT2D eigenvalue weighted by molar-refractivity contribution is 8.00. The van der Waals surface area contributed by atoms with Gasteiger partial charge in [-0.1, -0.05) is 72.4 Å². The Morgan fingerprint density at radius 3 is 2.33 bits per heavy atom. The normalized spacial score (nSPS) is 11.8. The summed E-state index contributed by atoms with van der Waals surface area (Å²) in [4.78, 5) is 24.3. The molecule has 7 heteroatoms. The second-order valence-electron chi connectivity index (χ2n) is 8.83. The van der Waals surface area contributed by atoms with Gasteiger partial charge in [-0.05, 0) is 56.0 Å². The van der Waals surface area contributed by atoms with Crippen molar-refractivity contribution in [3.63, 3.8) is 0 Å². The maximum atomic E-state index is 13.3. The molecule has 4 aromatic rings. The molecule has 1 aromatic heterocycles. The van der Waals surface area contributed by atoms with Gasteiger partial charge < -0.3 is 5.32 Å². The summed E-state index contributed by atoms with van der Waals surface area (Å²) < 4.78 is 2.03. The van der Waals surface area contributed by atoms with Crippen LogP contribution in [0.15, 0.2) is 78.0 Å². The molecule has 0 saturated carbocycles. The lowest BCUT2D eigenvalue weighted by atomic mass is 10.0. The van der Waals surface area contributed by atoms with Gasteiger partial charge in [0.15, 0.2) is 16.8 Å². The van der Waals surface area contributed by atoms with Crippen molar-refractivity contribution in [1.82, 2.24) is 20.1 Å². The molecule has 0 aliphatic rings. The lowest BCUT2D eigenvalue weighted by Crippen LogP contribution is -2.22. The molecule has 1 atom stereocenters. The summed E-state index contributed by atoms with van der Waals surface area (Å²) in [6.45, 7) is 8.16. The minimum Gasteiger partial charge on any atom is -0.356 e. The Kier molecular flexibility index (Phi) is 8.00. The molecular formula is C29H30N4O2S. The third-order valence-corrected chi connectivity index (χ3v) is 7.13. The molecule has 0 bridgehead atoms. The SMILES string of the molecule is CC(=O)NCCc1ccc(C(=O)C(C)Sc2nnc(-c3ccccc3)n2-c2ccc(C)c(C)c2)cc1. The van der Waals surface area contributed by atoms with Crippen molar-refractivity contribution in [2.24, 2.45) is 0 Å². The first-order valence-electron chi connectivity index (χ1n) is 12.0. The van der Waals surface area contributed by atoms with Crippen LogP contribution in [0.1, 0.15) is 40.9 Å². The zero-order valence-electron chi connectivity index (χ0n) is 21.0. The molecule has 0 radical (unpaired) electrons. The van der Waals surface area contributed by atoms with Crippen molar-refractivity contribution >= 4 is 23.5 Å². The van der Waals surface area contributed by atoms with E-state index in [0.29, 0.717) is 17.3 Å². The second kappa shape index (κ2) is 11.4. The van der Waals surface area contributed by atoms with E-state index in [2.05, 4.69) is 47.6 Å². The molecule has 0 spiro atoms. The van der Waals surface area contributed by atoms with Gasteiger partial charge in [-0.15, -0.1) is 10.2 Å². The third-order valence-electron chi connectivity index (χ3n) is 6.09. The predicted octanol–water partition coefficient (Wildman–Crippen LogP) is 5.59. The molecule has 0 aliphatic carbocycles. The molecule has 36 heavy (non-hydrogen) atoms. The highest BCUT2D eigenvalue weighted by Gasteiger charge is 2.23. The molecule has 0 fully saturated rings. The van der Waals surface area contributed by atoms with E-state index in [1.54, 1.807) is 0 Å². The van der Waals surface area contributed by atoms with Crippen LogP contribution in [0.4, 0.5) is 0 Å². The molecule has 1 amide bonds. The van der Waals surface area contributed by atoms with Gasteiger partial charge in [0.25, 0.3) is 0 Å². The molecule has 0 aliphatic heterocycles. The number of carbonyl (C=O) groups excluding carboxylic acids is 2. The first-order valence-corrected chi connectivity index (χ1v) is 12.8. The maximum absolute atomic E-state index is 13.3. The number of Topliss-reactive ketones (excluding diaryl/α,β-unsaturated/α-hetero) is 1. The summed E-state index contributed by atoms with van der Waals surface area (Å²) in [6.07, 6.45) is 0.722. The number of hydrogen-bond donors (Lipinski definition) is 1. The number of hydrogen-bond acceptors (Lipinski definition) is 5. The molecule has 184 valence electrons. The Morgan fingerprint density at radius 1 is 0.944 bits per heavy atom. The topological polar surface area (TPSA) is 76.9 Å². The van der Waals surface area contributed by atoms with Crippen LogP contribution in [0.2, 0.25) is 0 Å². The minimum atomic E-state index is -0.353. The predicted molar refractivity (Wildman–Crippen MR) is 145 cm³/mol. The van der Waals surface area contributed by atoms with Gasteiger partial charge in [-0.3, -0.25) is 14.2 Å². The van der Waals surface area contributed by atoms with Gasteiger partial charge in [-0.25, -0.2) is 0 Å². The number of ketones is 1. The van der Waals surface area contributed by atoms with E-state index in [1.807, 2.05) is 66.1 Å². The van der Waals surface area contributed by atoms with E-state index in [9.17, 15) is 9.59 Å². The largest absolute Gasteiger partial charge is 0.356 e. The molecule has 3 aromatic carbocycles. The Morgan fingerprint density at radius 2 is 1.67 bits per heavy atom. The number of aromatic nitrogens is 3. The van der Waals surface area contributed by atoms with Crippen LogP contribution in [-0.2, 0) is 11.2 Å². The summed E-state index contributed by atoms with van der Waals surface area (Å²) in [5.74, 6) is 0.727. The first-order chi connectivity index (χ1) is 17.3. The average molecular weight is 499 g/mol. The van der Waals surface area contributed by atoms with Crippen molar-refractivity contribution in [1.29, 1.82) is 0 Å². The van der Waals surface area contributed by atoms with E-state index in [4.69, 9.17) is 0 Å². The third kappa shape index (κ3) is 5.91. The van der Waals surface area contributed by atoms with E-state index in [1.165, 1.54) is 29.8 Å². The Labute approximate surface area is 216 Å². The van der Waals surface area contributed by atoms with Crippen LogP contribution < -0.4 is 5.32 Å². The average Bonchev–Trinajstić information content (AvgIpc) is 3.29. The van der Waals surface area contributed by atoms with E-state index in [-0.39, 0.29) is 16.9 Å². The van der Waals surface area contributed by atoms with Crippen LogP contribution >= 0.6 is 11.8 Å². The number of carbonyl (C=O) groups is 2. The Balaban J connectivity index is 1.58. The van der Waals surface area contributed by atoms with Gasteiger partial charge in [0.1, 0.15) is 0 Å². The number of aryl methyl sites for hydroxylation is 2. The zero-order valence-corrected chi connectivity index (χ0v) is 21.8.